The SMILES string of the molecule is Fc1ccccc1CC(Br)c1cccc(OC(F)F)c1. The molecule has 20 heavy (non-hydrogen) atoms. The van der Waals surface area contributed by atoms with Gasteiger partial charge in [0.05, 0.1) is 0 Å². The van der Waals surface area contributed by atoms with Gasteiger partial charge in [0, 0.05) is 4.83 Å². The summed E-state index contributed by atoms with van der Waals surface area (Å²) in [5, 5.41) is 0. The molecule has 2 rings (SSSR count). The Hall–Kier alpha value is -1.49. The van der Waals surface area contributed by atoms with Crippen molar-refractivity contribution in [1.82, 2.24) is 0 Å². The average molecular weight is 345 g/mol. The predicted octanol–water partition coefficient (Wildman–Crippen LogP) is 5.11. The standard InChI is InChI=1S/C15H12BrF3O/c16-13(9-11-4-1-2-7-14(11)17)10-5-3-6-12(8-10)20-15(18)19/h1-8,13,15H,9H2. The zero-order chi connectivity index (χ0) is 14.5. The number of hydrogen-bond acceptors (Lipinski definition) is 1. The second kappa shape index (κ2) is 6.79. The Morgan fingerprint density at radius 2 is 1.80 bits per heavy atom. The van der Waals surface area contributed by atoms with E-state index in [0.717, 1.165) is 5.56 Å². The van der Waals surface area contributed by atoms with Gasteiger partial charge in [0.25, 0.3) is 0 Å². The van der Waals surface area contributed by atoms with Gasteiger partial charge in [-0.3, -0.25) is 0 Å². The zero-order valence-corrected chi connectivity index (χ0v) is 12.0. The van der Waals surface area contributed by atoms with Crippen molar-refractivity contribution in [1.29, 1.82) is 0 Å². The van der Waals surface area contributed by atoms with E-state index in [2.05, 4.69) is 20.7 Å². The first-order valence-corrected chi connectivity index (χ1v) is 6.90. The second-order valence-electron chi connectivity index (χ2n) is 4.21. The number of alkyl halides is 3. The van der Waals surface area contributed by atoms with Crippen molar-refractivity contribution in [2.24, 2.45) is 0 Å². The Morgan fingerprint density at radius 1 is 1.05 bits per heavy atom. The second-order valence-corrected chi connectivity index (χ2v) is 5.32. The summed E-state index contributed by atoms with van der Waals surface area (Å²) >= 11 is 3.45. The molecule has 1 unspecified atom stereocenters. The molecule has 2 aromatic rings. The molecule has 0 heterocycles. The zero-order valence-electron chi connectivity index (χ0n) is 10.4. The normalized spacial score (nSPS) is 12.4. The summed E-state index contributed by atoms with van der Waals surface area (Å²) in [7, 11) is 0. The molecular formula is C15H12BrF3O. The van der Waals surface area contributed by atoms with Crippen molar-refractivity contribution in [2.75, 3.05) is 0 Å². The van der Waals surface area contributed by atoms with E-state index in [1.807, 2.05) is 0 Å². The first kappa shape index (κ1) is 14.9. The van der Waals surface area contributed by atoms with E-state index in [4.69, 9.17) is 0 Å². The fourth-order valence-corrected chi connectivity index (χ4v) is 2.49. The lowest BCUT2D eigenvalue weighted by Crippen LogP contribution is -2.03. The van der Waals surface area contributed by atoms with Crippen LogP contribution < -0.4 is 4.74 Å². The van der Waals surface area contributed by atoms with Gasteiger partial charge in [0.1, 0.15) is 11.6 Å². The van der Waals surface area contributed by atoms with Crippen LogP contribution in [0.2, 0.25) is 0 Å². The van der Waals surface area contributed by atoms with Gasteiger partial charge >= 0.3 is 6.61 Å². The maximum atomic E-state index is 13.6. The highest BCUT2D eigenvalue weighted by atomic mass is 79.9. The Labute approximate surface area is 123 Å². The van der Waals surface area contributed by atoms with Crippen molar-refractivity contribution < 1.29 is 17.9 Å². The first-order chi connectivity index (χ1) is 9.56. The minimum absolute atomic E-state index is 0.0930. The number of rotatable bonds is 5. The smallest absolute Gasteiger partial charge is 0.387 e. The van der Waals surface area contributed by atoms with Crippen LogP contribution >= 0.6 is 15.9 Å². The monoisotopic (exact) mass is 344 g/mol. The van der Waals surface area contributed by atoms with Gasteiger partial charge in [0.15, 0.2) is 0 Å². The summed E-state index contributed by atoms with van der Waals surface area (Å²) in [6.45, 7) is -2.86. The molecule has 0 aromatic heterocycles. The van der Waals surface area contributed by atoms with Crippen LogP contribution in [-0.2, 0) is 6.42 Å². The highest BCUT2D eigenvalue weighted by Gasteiger charge is 2.13. The highest BCUT2D eigenvalue weighted by molar-refractivity contribution is 9.09. The maximum Gasteiger partial charge on any atom is 0.387 e. The van der Waals surface area contributed by atoms with Gasteiger partial charge in [-0.15, -0.1) is 0 Å². The molecule has 0 spiro atoms. The molecule has 0 fully saturated rings. The van der Waals surface area contributed by atoms with Crippen LogP contribution in [0.15, 0.2) is 48.5 Å². The van der Waals surface area contributed by atoms with Gasteiger partial charge < -0.3 is 4.74 Å². The molecule has 0 aliphatic carbocycles. The molecule has 0 aliphatic rings. The Morgan fingerprint density at radius 3 is 2.50 bits per heavy atom. The summed E-state index contributed by atoms with van der Waals surface area (Å²) in [4.78, 5) is -0.180. The number of ether oxygens (including phenoxy) is 1. The van der Waals surface area contributed by atoms with Crippen molar-refractivity contribution in [3.8, 4) is 5.75 Å². The molecule has 2 aromatic carbocycles. The Balaban J connectivity index is 2.13. The van der Waals surface area contributed by atoms with Crippen LogP contribution in [0, 0.1) is 5.82 Å². The predicted molar refractivity (Wildman–Crippen MR) is 74.8 cm³/mol. The van der Waals surface area contributed by atoms with Crippen LogP contribution in [0.1, 0.15) is 16.0 Å². The molecule has 106 valence electrons. The molecular weight excluding hydrogens is 333 g/mol. The van der Waals surface area contributed by atoms with E-state index in [1.54, 1.807) is 30.3 Å². The Bertz CT molecular complexity index is 575. The van der Waals surface area contributed by atoms with Gasteiger partial charge in [0.2, 0.25) is 0 Å². The van der Waals surface area contributed by atoms with E-state index < -0.39 is 6.61 Å². The van der Waals surface area contributed by atoms with E-state index in [9.17, 15) is 13.2 Å². The third-order valence-electron chi connectivity index (χ3n) is 2.80. The first-order valence-electron chi connectivity index (χ1n) is 5.98. The largest absolute Gasteiger partial charge is 0.435 e. The summed E-state index contributed by atoms with van der Waals surface area (Å²) < 4.78 is 42.3. The fraction of sp³-hybridized carbons (Fsp3) is 0.200. The summed E-state index contributed by atoms with van der Waals surface area (Å²) in [6, 6.07) is 12.9. The molecule has 0 saturated carbocycles. The van der Waals surface area contributed by atoms with Crippen molar-refractivity contribution in [3.05, 3.63) is 65.5 Å². The minimum atomic E-state index is -2.86. The maximum absolute atomic E-state index is 13.6. The quantitative estimate of drug-likeness (QED) is 0.685. The van der Waals surface area contributed by atoms with Crippen molar-refractivity contribution in [2.45, 2.75) is 17.9 Å². The summed E-state index contributed by atoms with van der Waals surface area (Å²) in [5.41, 5.74) is 1.32. The molecule has 0 radical (unpaired) electrons. The third kappa shape index (κ3) is 4.00. The van der Waals surface area contributed by atoms with Gasteiger partial charge in [-0.05, 0) is 35.7 Å². The van der Waals surface area contributed by atoms with Gasteiger partial charge in [-0.25, -0.2) is 4.39 Å². The molecule has 0 saturated heterocycles. The van der Waals surface area contributed by atoms with Gasteiger partial charge in [-0.2, -0.15) is 8.78 Å². The highest BCUT2D eigenvalue weighted by Crippen LogP contribution is 2.30. The molecule has 0 bridgehead atoms. The van der Waals surface area contributed by atoms with Crippen LogP contribution in [0.5, 0.6) is 5.75 Å². The van der Waals surface area contributed by atoms with E-state index in [1.165, 1.54) is 18.2 Å². The van der Waals surface area contributed by atoms with Crippen molar-refractivity contribution >= 4 is 15.9 Å². The lowest BCUT2D eigenvalue weighted by Gasteiger charge is -2.12. The molecule has 0 aliphatic heterocycles. The number of benzene rings is 2. The topological polar surface area (TPSA) is 9.23 Å². The number of hydrogen-bond donors (Lipinski definition) is 0. The third-order valence-corrected chi connectivity index (χ3v) is 3.65. The molecule has 1 atom stereocenters. The number of halogens is 4. The summed E-state index contributed by atoms with van der Waals surface area (Å²) in [6.07, 6.45) is 0.421. The van der Waals surface area contributed by atoms with Crippen LogP contribution in [-0.4, -0.2) is 6.61 Å². The van der Waals surface area contributed by atoms with E-state index in [-0.39, 0.29) is 16.4 Å². The lowest BCUT2D eigenvalue weighted by atomic mass is 10.0. The lowest BCUT2D eigenvalue weighted by molar-refractivity contribution is -0.0498. The van der Waals surface area contributed by atoms with Crippen LogP contribution in [0.25, 0.3) is 0 Å². The van der Waals surface area contributed by atoms with E-state index in [0.29, 0.717) is 12.0 Å². The van der Waals surface area contributed by atoms with Crippen LogP contribution in [0.4, 0.5) is 13.2 Å². The molecule has 0 amide bonds. The summed E-state index contributed by atoms with van der Waals surface area (Å²) in [5.74, 6) is -0.188. The minimum Gasteiger partial charge on any atom is -0.435 e. The van der Waals surface area contributed by atoms with Gasteiger partial charge in [-0.1, -0.05) is 46.3 Å². The van der Waals surface area contributed by atoms with E-state index >= 15 is 0 Å². The molecule has 5 heteroatoms. The van der Waals surface area contributed by atoms with Crippen LogP contribution in [0.3, 0.4) is 0 Å². The average Bonchev–Trinajstić information content (AvgIpc) is 2.41. The molecule has 1 nitrogen and oxygen atoms in total. The van der Waals surface area contributed by atoms with Crippen molar-refractivity contribution in [3.63, 3.8) is 0 Å². The molecule has 0 N–H and O–H groups in total. The Kier molecular flexibility index (Phi) is 5.06. The fourth-order valence-electron chi connectivity index (χ4n) is 1.86.